The molecule has 1 aromatic carbocycles. The number of carbonyl (C=O) groups is 2. The molecule has 1 heterocycles. The zero-order valence-electron chi connectivity index (χ0n) is 15.7. The molecule has 0 bridgehead atoms. The third kappa shape index (κ3) is 6.86. The van der Waals surface area contributed by atoms with Crippen LogP contribution in [0, 0.1) is 5.92 Å². The van der Waals surface area contributed by atoms with Crippen LogP contribution in [0.2, 0.25) is 0 Å². The number of carbonyl (C=O) groups excluding carboxylic acids is 2. The van der Waals surface area contributed by atoms with Gasteiger partial charge in [-0.2, -0.15) is 0 Å². The van der Waals surface area contributed by atoms with Gasteiger partial charge in [-0.15, -0.1) is 23.7 Å². The highest BCUT2D eigenvalue weighted by Gasteiger charge is 2.17. The average molecular weight is 412 g/mol. The summed E-state index contributed by atoms with van der Waals surface area (Å²) >= 11 is 1.58. The molecule has 6 nitrogen and oxygen atoms in total. The van der Waals surface area contributed by atoms with Crippen LogP contribution < -0.4 is 21.1 Å². The zero-order chi connectivity index (χ0) is 19.1. The number of hydrogen-bond donors (Lipinski definition) is 3. The normalized spacial score (nSPS) is 11.4. The molecule has 4 N–H and O–H groups in total. The minimum atomic E-state index is -0.604. The summed E-state index contributed by atoms with van der Waals surface area (Å²) in [6.45, 7) is 4.07. The van der Waals surface area contributed by atoms with Gasteiger partial charge in [-0.05, 0) is 40.6 Å². The van der Waals surface area contributed by atoms with E-state index < -0.39 is 6.04 Å². The summed E-state index contributed by atoms with van der Waals surface area (Å²) in [5.41, 5.74) is 7.93. The van der Waals surface area contributed by atoms with E-state index in [1.165, 1.54) is 0 Å². The number of nitrogens with two attached hydrogens (primary N) is 1. The van der Waals surface area contributed by atoms with Crippen LogP contribution in [0.5, 0.6) is 5.75 Å². The molecule has 8 heteroatoms. The van der Waals surface area contributed by atoms with E-state index in [4.69, 9.17) is 10.5 Å². The summed E-state index contributed by atoms with van der Waals surface area (Å²) in [6.07, 6.45) is 0. The van der Waals surface area contributed by atoms with Gasteiger partial charge in [0.05, 0.1) is 26.2 Å². The molecule has 0 aliphatic carbocycles. The number of ether oxygens (including phenoxy) is 1. The number of rotatable bonds is 8. The Morgan fingerprint density at radius 1 is 1.15 bits per heavy atom. The third-order valence-corrected chi connectivity index (χ3v) is 4.92. The average Bonchev–Trinajstić information content (AvgIpc) is 3.12. The molecular formula is C19H26ClN3O3S. The van der Waals surface area contributed by atoms with Crippen LogP contribution in [-0.4, -0.2) is 31.5 Å². The van der Waals surface area contributed by atoms with E-state index in [1.807, 2.05) is 49.6 Å². The van der Waals surface area contributed by atoms with Gasteiger partial charge in [0.25, 0.3) is 0 Å². The monoisotopic (exact) mass is 411 g/mol. The Bertz CT molecular complexity index is 747. The van der Waals surface area contributed by atoms with Crippen molar-refractivity contribution in [2.45, 2.75) is 26.4 Å². The van der Waals surface area contributed by atoms with Crippen LogP contribution in [0.15, 0.2) is 35.7 Å². The lowest BCUT2D eigenvalue weighted by molar-refractivity contribution is -0.127. The number of halogens is 1. The number of benzene rings is 1. The minimum Gasteiger partial charge on any atom is -0.497 e. The quantitative estimate of drug-likeness (QED) is 0.622. The van der Waals surface area contributed by atoms with Gasteiger partial charge in [0.2, 0.25) is 11.8 Å². The topological polar surface area (TPSA) is 93.5 Å². The highest BCUT2D eigenvalue weighted by Crippen LogP contribution is 2.27. The van der Waals surface area contributed by atoms with Crippen molar-refractivity contribution in [2.24, 2.45) is 11.7 Å². The van der Waals surface area contributed by atoms with E-state index in [2.05, 4.69) is 10.6 Å². The lowest BCUT2D eigenvalue weighted by Crippen LogP contribution is -2.47. The van der Waals surface area contributed by atoms with Gasteiger partial charge in [-0.25, -0.2) is 0 Å². The second-order valence-electron chi connectivity index (χ2n) is 6.29. The van der Waals surface area contributed by atoms with E-state index >= 15 is 0 Å². The molecule has 2 aromatic rings. The van der Waals surface area contributed by atoms with Crippen LogP contribution >= 0.6 is 23.7 Å². The van der Waals surface area contributed by atoms with Crippen LogP contribution in [0.1, 0.15) is 18.7 Å². The fourth-order valence-electron chi connectivity index (χ4n) is 2.24. The summed E-state index contributed by atoms with van der Waals surface area (Å²) in [5.74, 6) is 0.290. The second kappa shape index (κ2) is 10.9. The van der Waals surface area contributed by atoms with Crippen LogP contribution in [0.25, 0.3) is 11.1 Å². The van der Waals surface area contributed by atoms with Gasteiger partial charge in [-0.1, -0.05) is 26.0 Å². The van der Waals surface area contributed by atoms with E-state index in [0.717, 1.165) is 21.8 Å². The molecule has 2 amide bonds. The van der Waals surface area contributed by atoms with Crippen molar-refractivity contribution in [1.82, 2.24) is 10.6 Å². The van der Waals surface area contributed by atoms with Crippen LogP contribution in [-0.2, 0) is 16.1 Å². The Balaban J connectivity index is 0.00000364. The van der Waals surface area contributed by atoms with Gasteiger partial charge >= 0.3 is 0 Å². The second-order valence-corrected chi connectivity index (χ2v) is 7.29. The Morgan fingerprint density at radius 3 is 2.41 bits per heavy atom. The van der Waals surface area contributed by atoms with Gasteiger partial charge in [0.15, 0.2) is 0 Å². The molecule has 1 atom stereocenters. The fourth-order valence-corrected chi connectivity index (χ4v) is 3.08. The Labute approximate surface area is 169 Å². The summed E-state index contributed by atoms with van der Waals surface area (Å²) in [4.78, 5) is 24.7. The van der Waals surface area contributed by atoms with Crippen LogP contribution in [0.3, 0.4) is 0 Å². The van der Waals surface area contributed by atoms with Crippen molar-refractivity contribution in [1.29, 1.82) is 0 Å². The van der Waals surface area contributed by atoms with Gasteiger partial charge in [0.1, 0.15) is 5.75 Å². The van der Waals surface area contributed by atoms with E-state index in [0.29, 0.717) is 6.54 Å². The molecule has 0 aliphatic rings. The zero-order valence-corrected chi connectivity index (χ0v) is 17.3. The highest BCUT2D eigenvalue weighted by molar-refractivity contribution is 7.10. The summed E-state index contributed by atoms with van der Waals surface area (Å²) in [7, 11) is 1.64. The molecule has 0 fully saturated rings. The first-order chi connectivity index (χ1) is 12.4. The highest BCUT2D eigenvalue weighted by atomic mass is 35.5. The summed E-state index contributed by atoms with van der Waals surface area (Å²) < 4.78 is 5.16. The predicted molar refractivity (Wildman–Crippen MR) is 111 cm³/mol. The molecule has 2 rings (SSSR count). The molecule has 27 heavy (non-hydrogen) atoms. The van der Waals surface area contributed by atoms with Crippen molar-refractivity contribution in [2.75, 3.05) is 13.7 Å². The molecule has 0 saturated carbocycles. The Morgan fingerprint density at radius 2 is 1.81 bits per heavy atom. The first-order valence-electron chi connectivity index (χ1n) is 8.42. The number of hydrogen-bond acceptors (Lipinski definition) is 5. The molecule has 1 aromatic heterocycles. The van der Waals surface area contributed by atoms with Crippen molar-refractivity contribution >= 4 is 35.6 Å². The first-order valence-corrected chi connectivity index (χ1v) is 9.30. The van der Waals surface area contributed by atoms with E-state index in [1.54, 1.807) is 18.4 Å². The lowest BCUT2D eigenvalue weighted by atomic mass is 10.1. The maximum atomic E-state index is 11.9. The van der Waals surface area contributed by atoms with E-state index in [9.17, 15) is 9.59 Å². The maximum absolute atomic E-state index is 11.9. The van der Waals surface area contributed by atoms with Crippen LogP contribution in [0.4, 0.5) is 0 Å². The molecule has 0 saturated heterocycles. The minimum absolute atomic E-state index is 0. The maximum Gasteiger partial charge on any atom is 0.239 e. The first kappa shape index (κ1) is 23.0. The number of methoxy groups -OCH3 is 1. The largest absolute Gasteiger partial charge is 0.497 e. The number of thiophene rings is 1. The summed E-state index contributed by atoms with van der Waals surface area (Å²) in [6, 6.07) is 9.26. The standard InChI is InChI=1S/C19H25N3O3S.ClH/c1-12(2)18(20)19(24)22-10-17(23)21-9-16-8-14(11-26-16)13-4-6-15(25-3)7-5-13;/h4-8,11-12,18H,9-10,20H2,1-3H3,(H,21,23)(H,22,24);1H/t18-;/m0./s1. The van der Waals surface area contributed by atoms with Gasteiger partial charge < -0.3 is 21.1 Å². The molecular weight excluding hydrogens is 386 g/mol. The predicted octanol–water partition coefficient (Wildman–Crippen LogP) is 2.56. The lowest BCUT2D eigenvalue weighted by Gasteiger charge is -2.15. The number of amides is 2. The van der Waals surface area contributed by atoms with Crippen molar-refractivity contribution in [3.63, 3.8) is 0 Å². The Kier molecular flexibility index (Phi) is 9.28. The van der Waals surface area contributed by atoms with Crippen molar-refractivity contribution in [3.8, 4) is 16.9 Å². The van der Waals surface area contributed by atoms with Crippen molar-refractivity contribution in [3.05, 3.63) is 40.6 Å². The molecule has 0 radical (unpaired) electrons. The molecule has 0 unspecified atom stereocenters. The van der Waals surface area contributed by atoms with Gasteiger partial charge in [-0.3, -0.25) is 9.59 Å². The smallest absolute Gasteiger partial charge is 0.239 e. The van der Waals surface area contributed by atoms with Gasteiger partial charge in [0, 0.05) is 4.88 Å². The summed E-state index contributed by atoms with van der Waals surface area (Å²) in [5, 5.41) is 7.41. The number of nitrogens with one attached hydrogen (secondary N) is 2. The molecule has 0 spiro atoms. The Hall–Kier alpha value is -2.09. The third-order valence-electron chi connectivity index (χ3n) is 3.98. The van der Waals surface area contributed by atoms with Crippen molar-refractivity contribution < 1.29 is 14.3 Å². The van der Waals surface area contributed by atoms with E-state index in [-0.39, 0.29) is 36.7 Å². The fraction of sp³-hybridized carbons (Fsp3) is 0.368. The molecule has 0 aliphatic heterocycles. The molecule has 148 valence electrons. The SMILES string of the molecule is COc1ccc(-c2csc(CNC(=O)CNC(=O)[C@@H](N)C(C)C)c2)cc1.Cl.